The van der Waals surface area contributed by atoms with Gasteiger partial charge in [-0.2, -0.15) is 5.26 Å². The summed E-state index contributed by atoms with van der Waals surface area (Å²) in [6.45, 7) is 1.87. The number of pyridine rings is 1. The van der Waals surface area contributed by atoms with Crippen molar-refractivity contribution in [1.82, 2.24) is 10.3 Å². The third-order valence-electron chi connectivity index (χ3n) is 3.13. The number of hydrogen-bond donors (Lipinski definition) is 1. The molecule has 5 heteroatoms. The Morgan fingerprint density at radius 2 is 2.05 bits per heavy atom. The monoisotopic (exact) mass is 287 g/mol. The van der Waals surface area contributed by atoms with Gasteiger partial charge in [-0.1, -0.05) is 42.5 Å². The summed E-state index contributed by atoms with van der Waals surface area (Å²) in [5.74, 6) is -0.421. The van der Waals surface area contributed by atoms with E-state index < -0.39 is 5.91 Å². The van der Waals surface area contributed by atoms with Gasteiger partial charge >= 0.3 is 0 Å². The van der Waals surface area contributed by atoms with Crippen molar-refractivity contribution in [3.63, 3.8) is 0 Å². The van der Waals surface area contributed by atoms with Crippen LogP contribution < -0.4 is 10.9 Å². The van der Waals surface area contributed by atoms with Crippen LogP contribution in [0.5, 0.6) is 0 Å². The van der Waals surface area contributed by atoms with Crippen molar-refractivity contribution >= 4 is 25.4 Å². The third-order valence-corrected chi connectivity index (χ3v) is 3.13. The van der Waals surface area contributed by atoms with Crippen LogP contribution in [0.15, 0.2) is 54.2 Å². The standard InChI is InChI=1S/C17H14BN3O/c1-12(14-5-3-2-4-6-14)21-17(22)15(10-19)9-13-7-8-16(18)20-11-13/h2-9,11-12H,1H3,(H,21,22)/b15-9+/t12-/m0/s1. The number of hydrogen-bond acceptors (Lipinski definition) is 3. The molecule has 0 saturated heterocycles. The van der Waals surface area contributed by atoms with Crippen molar-refractivity contribution in [2.24, 2.45) is 0 Å². The van der Waals surface area contributed by atoms with Crippen LogP contribution >= 0.6 is 0 Å². The molecule has 0 saturated carbocycles. The van der Waals surface area contributed by atoms with Crippen LogP contribution in [0.4, 0.5) is 0 Å². The van der Waals surface area contributed by atoms with Gasteiger partial charge in [-0.3, -0.25) is 9.78 Å². The zero-order chi connectivity index (χ0) is 15.9. The highest BCUT2D eigenvalue weighted by Crippen LogP contribution is 2.12. The minimum atomic E-state index is -0.421. The molecule has 2 aromatic rings. The Kier molecular flexibility index (Phi) is 5.10. The molecule has 0 aliphatic carbocycles. The molecule has 1 amide bonds. The zero-order valence-corrected chi connectivity index (χ0v) is 12.2. The number of nitriles is 1. The van der Waals surface area contributed by atoms with E-state index in [9.17, 15) is 10.1 Å². The van der Waals surface area contributed by atoms with Gasteiger partial charge in [-0.15, -0.1) is 0 Å². The van der Waals surface area contributed by atoms with Crippen LogP contribution in [0.25, 0.3) is 6.08 Å². The third kappa shape index (κ3) is 4.06. The molecule has 22 heavy (non-hydrogen) atoms. The van der Waals surface area contributed by atoms with Gasteiger partial charge in [0.15, 0.2) is 0 Å². The van der Waals surface area contributed by atoms with Gasteiger partial charge in [-0.05, 0) is 29.7 Å². The molecule has 0 aliphatic heterocycles. The lowest BCUT2D eigenvalue weighted by molar-refractivity contribution is -0.117. The molecule has 2 rings (SSSR count). The van der Waals surface area contributed by atoms with Crippen molar-refractivity contribution in [1.29, 1.82) is 5.26 Å². The Morgan fingerprint density at radius 3 is 2.64 bits per heavy atom. The molecule has 1 atom stereocenters. The molecule has 0 bridgehead atoms. The van der Waals surface area contributed by atoms with Gasteiger partial charge < -0.3 is 5.32 Å². The number of amides is 1. The minimum Gasteiger partial charge on any atom is -0.345 e. The summed E-state index contributed by atoms with van der Waals surface area (Å²) < 4.78 is 0. The normalized spacial score (nSPS) is 12.3. The van der Waals surface area contributed by atoms with Gasteiger partial charge in [0.2, 0.25) is 0 Å². The van der Waals surface area contributed by atoms with E-state index in [4.69, 9.17) is 7.85 Å². The molecule has 0 spiro atoms. The zero-order valence-electron chi connectivity index (χ0n) is 12.2. The van der Waals surface area contributed by atoms with Gasteiger partial charge in [0, 0.05) is 6.20 Å². The molecule has 0 fully saturated rings. The highest BCUT2D eigenvalue weighted by atomic mass is 16.1. The minimum absolute atomic E-state index is 0.0225. The second-order valence-corrected chi connectivity index (χ2v) is 4.79. The maximum Gasteiger partial charge on any atom is 0.262 e. The molecule has 106 valence electrons. The number of aromatic nitrogens is 1. The number of carbonyl (C=O) groups is 1. The molecule has 2 radical (unpaired) electrons. The highest BCUT2D eigenvalue weighted by molar-refractivity contribution is 6.30. The molecular weight excluding hydrogens is 273 g/mol. The Labute approximate surface area is 130 Å². The maximum absolute atomic E-state index is 12.2. The Bertz CT molecular complexity index is 718. The summed E-state index contributed by atoms with van der Waals surface area (Å²) in [6, 6.07) is 14.6. The highest BCUT2D eigenvalue weighted by Gasteiger charge is 2.13. The number of nitrogens with zero attached hydrogens (tertiary/aromatic N) is 2. The first kappa shape index (κ1) is 15.5. The molecule has 1 aromatic heterocycles. The Hall–Kier alpha value is -2.87. The van der Waals surface area contributed by atoms with Gasteiger partial charge in [0.1, 0.15) is 19.5 Å². The van der Waals surface area contributed by atoms with Crippen molar-refractivity contribution in [2.45, 2.75) is 13.0 Å². The van der Waals surface area contributed by atoms with Crippen molar-refractivity contribution in [3.8, 4) is 6.07 Å². The molecule has 1 aromatic carbocycles. The number of nitrogens with one attached hydrogen (secondary N) is 1. The summed E-state index contributed by atoms with van der Waals surface area (Å²) >= 11 is 0. The fourth-order valence-electron chi connectivity index (χ4n) is 1.92. The van der Waals surface area contributed by atoms with Crippen LogP contribution in [-0.2, 0) is 4.79 Å². The van der Waals surface area contributed by atoms with E-state index in [2.05, 4.69) is 10.3 Å². The van der Waals surface area contributed by atoms with Crippen molar-refractivity contribution < 1.29 is 4.79 Å². The fraction of sp³-hybridized carbons (Fsp3) is 0.118. The average molecular weight is 287 g/mol. The van der Waals surface area contributed by atoms with Gasteiger partial charge in [0.05, 0.1) is 6.04 Å². The molecule has 1 N–H and O–H groups in total. The Balaban J connectivity index is 2.12. The lowest BCUT2D eigenvalue weighted by Gasteiger charge is -2.13. The number of benzene rings is 1. The summed E-state index contributed by atoms with van der Waals surface area (Å²) in [5.41, 5.74) is 2.03. The van der Waals surface area contributed by atoms with E-state index in [1.165, 1.54) is 12.3 Å². The van der Waals surface area contributed by atoms with E-state index >= 15 is 0 Å². The largest absolute Gasteiger partial charge is 0.345 e. The summed E-state index contributed by atoms with van der Waals surface area (Å²) in [4.78, 5) is 16.1. The Morgan fingerprint density at radius 1 is 1.32 bits per heavy atom. The first-order valence-corrected chi connectivity index (χ1v) is 6.79. The van der Waals surface area contributed by atoms with Crippen molar-refractivity contribution in [2.75, 3.05) is 0 Å². The molecule has 4 nitrogen and oxygen atoms in total. The average Bonchev–Trinajstić information content (AvgIpc) is 2.55. The molecule has 0 aliphatic rings. The predicted molar refractivity (Wildman–Crippen MR) is 86.2 cm³/mol. The first-order valence-electron chi connectivity index (χ1n) is 6.79. The van der Waals surface area contributed by atoms with Gasteiger partial charge in [-0.25, -0.2) is 0 Å². The van der Waals surface area contributed by atoms with E-state index in [-0.39, 0.29) is 11.6 Å². The topological polar surface area (TPSA) is 65.8 Å². The van der Waals surface area contributed by atoms with E-state index in [1.54, 1.807) is 12.1 Å². The van der Waals surface area contributed by atoms with Crippen LogP contribution in [0.3, 0.4) is 0 Å². The number of rotatable bonds is 4. The lowest BCUT2D eigenvalue weighted by atomic mass is 10.0. The fourth-order valence-corrected chi connectivity index (χ4v) is 1.92. The summed E-state index contributed by atoms with van der Waals surface area (Å²) in [6.07, 6.45) is 3.00. The smallest absolute Gasteiger partial charge is 0.262 e. The van der Waals surface area contributed by atoms with Crippen LogP contribution in [0.2, 0.25) is 0 Å². The lowest BCUT2D eigenvalue weighted by Crippen LogP contribution is -2.27. The molecule has 1 heterocycles. The molecule has 0 unspecified atom stereocenters. The maximum atomic E-state index is 12.2. The summed E-state index contributed by atoms with van der Waals surface area (Å²) in [7, 11) is 5.50. The van der Waals surface area contributed by atoms with E-state index in [1.807, 2.05) is 43.3 Å². The quantitative estimate of drug-likeness (QED) is 0.528. The SMILES string of the molecule is [B]c1ccc(/C=C(\C#N)C(=O)N[C@@H](C)c2ccccc2)cn1. The predicted octanol–water partition coefficient (Wildman–Crippen LogP) is 1.66. The van der Waals surface area contributed by atoms with Crippen LogP contribution in [0, 0.1) is 11.3 Å². The van der Waals surface area contributed by atoms with Gasteiger partial charge in [0.25, 0.3) is 5.91 Å². The van der Waals surface area contributed by atoms with Crippen LogP contribution in [-0.4, -0.2) is 18.7 Å². The summed E-state index contributed by atoms with van der Waals surface area (Å²) in [5, 5.41) is 12.0. The van der Waals surface area contributed by atoms with Crippen molar-refractivity contribution in [3.05, 3.63) is 65.4 Å². The van der Waals surface area contributed by atoms with E-state index in [0.29, 0.717) is 11.2 Å². The molecular formula is C17H14BN3O. The van der Waals surface area contributed by atoms with E-state index in [0.717, 1.165) is 5.56 Å². The number of carbonyl (C=O) groups excluding carboxylic acids is 1. The second kappa shape index (κ2) is 7.23. The van der Waals surface area contributed by atoms with Crippen LogP contribution in [0.1, 0.15) is 24.1 Å². The first-order chi connectivity index (χ1) is 10.6. The second-order valence-electron chi connectivity index (χ2n) is 4.79.